The Bertz CT molecular complexity index is 1140. The summed E-state index contributed by atoms with van der Waals surface area (Å²) in [5.74, 6) is -0.118. The largest absolute Gasteiger partial charge is 0.350 e. The number of aromatic nitrogens is 4. The third-order valence-electron chi connectivity index (χ3n) is 4.75. The van der Waals surface area contributed by atoms with Crippen molar-refractivity contribution in [2.45, 2.75) is 26.3 Å². The van der Waals surface area contributed by atoms with Crippen molar-refractivity contribution in [1.82, 2.24) is 30.2 Å². The summed E-state index contributed by atoms with van der Waals surface area (Å²) in [7, 11) is 0. The molecule has 0 saturated heterocycles. The minimum absolute atomic E-state index is 0.118. The zero-order valence-electron chi connectivity index (χ0n) is 17.0. The van der Waals surface area contributed by atoms with Gasteiger partial charge in [-0.15, -0.1) is 11.3 Å². The molecule has 0 aliphatic heterocycles. The van der Waals surface area contributed by atoms with Crippen LogP contribution in [0.15, 0.2) is 54.3 Å². The Kier molecular flexibility index (Phi) is 6.15. The van der Waals surface area contributed by atoms with Gasteiger partial charge in [0.15, 0.2) is 5.65 Å². The molecule has 0 aromatic carbocycles. The summed E-state index contributed by atoms with van der Waals surface area (Å²) in [6.07, 6.45) is 6.34. The van der Waals surface area contributed by atoms with Gasteiger partial charge in [-0.25, -0.2) is 9.50 Å². The van der Waals surface area contributed by atoms with Crippen LogP contribution in [0.4, 0.5) is 0 Å². The first-order chi connectivity index (χ1) is 14.7. The van der Waals surface area contributed by atoms with E-state index in [0.29, 0.717) is 23.4 Å². The monoisotopic (exact) mass is 420 g/mol. The molecule has 154 valence electrons. The van der Waals surface area contributed by atoms with Crippen LogP contribution in [0.25, 0.3) is 27.5 Å². The minimum atomic E-state index is -0.118. The van der Waals surface area contributed by atoms with Crippen molar-refractivity contribution >= 4 is 22.9 Å². The highest BCUT2D eigenvalue weighted by molar-refractivity contribution is 7.13. The highest BCUT2D eigenvalue weighted by Crippen LogP contribution is 2.27. The van der Waals surface area contributed by atoms with Gasteiger partial charge < -0.3 is 10.6 Å². The van der Waals surface area contributed by atoms with Crippen molar-refractivity contribution in [2.75, 3.05) is 13.1 Å². The van der Waals surface area contributed by atoms with E-state index in [1.165, 1.54) is 0 Å². The predicted octanol–water partition coefficient (Wildman–Crippen LogP) is 3.64. The lowest BCUT2D eigenvalue weighted by Gasteiger charge is -2.14. The number of nitrogens with zero attached hydrogens (tertiary/aromatic N) is 4. The Balaban J connectivity index is 1.57. The van der Waals surface area contributed by atoms with Crippen LogP contribution in [0.5, 0.6) is 0 Å². The molecule has 30 heavy (non-hydrogen) atoms. The molecule has 2 N–H and O–H groups in total. The van der Waals surface area contributed by atoms with E-state index >= 15 is 0 Å². The second kappa shape index (κ2) is 9.15. The topological polar surface area (TPSA) is 84.2 Å². The minimum Gasteiger partial charge on any atom is -0.350 e. The number of amides is 1. The molecule has 1 unspecified atom stereocenters. The maximum Gasteiger partial charge on any atom is 0.251 e. The van der Waals surface area contributed by atoms with E-state index < -0.39 is 0 Å². The Hall–Kier alpha value is -3.10. The summed E-state index contributed by atoms with van der Waals surface area (Å²) in [4.78, 5) is 22.9. The molecule has 0 aliphatic rings. The highest BCUT2D eigenvalue weighted by Gasteiger charge is 2.14. The van der Waals surface area contributed by atoms with E-state index in [-0.39, 0.29) is 11.9 Å². The fraction of sp³-hybridized carbons (Fsp3) is 0.273. The molecule has 1 amide bonds. The lowest BCUT2D eigenvalue weighted by atomic mass is 10.1. The summed E-state index contributed by atoms with van der Waals surface area (Å²) >= 11 is 1.64. The number of rotatable bonds is 8. The summed E-state index contributed by atoms with van der Waals surface area (Å²) in [5, 5.41) is 12.8. The number of pyridine rings is 1. The van der Waals surface area contributed by atoms with Crippen molar-refractivity contribution < 1.29 is 4.79 Å². The molecule has 4 rings (SSSR count). The maximum absolute atomic E-state index is 12.6. The molecule has 0 bridgehead atoms. The summed E-state index contributed by atoms with van der Waals surface area (Å²) in [6.45, 7) is 5.68. The smallest absolute Gasteiger partial charge is 0.251 e. The van der Waals surface area contributed by atoms with Gasteiger partial charge in [-0.1, -0.05) is 13.0 Å². The zero-order valence-corrected chi connectivity index (χ0v) is 17.8. The van der Waals surface area contributed by atoms with Crippen molar-refractivity contribution in [3.8, 4) is 21.8 Å². The third kappa shape index (κ3) is 4.39. The van der Waals surface area contributed by atoms with Gasteiger partial charge in [0.05, 0.1) is 28.0 Å². The van der Waals surface area contributed by atoms with Crippen LogP contribution in [0.1, 0.15) is 30.6 Å². The van der Waals surface area contributed by atoms with Gasteiger partial charge in [0.25, 0.3) is 5.91 Å². The lowest BCUT2D eigenvalue weighted by Crippen LogP contribution is -2.39. The van der Waals surface area contributed by atoms with Crippen LogP contribution in [0.2, 0.25) is 0 Å². The Morgan fingerprint density at radius 3 is 2.97 bits per heavy atom. The molecule has 4 heterocycles. The van der Waals surface area contributed by atoms with Crippen LogP contribution >= 0.6 is 11.3 Å². The molecule has 0 radical (unpaired) electrons. The van der Waals surface area contributed by atoms with E-state index in [1.807, 2.05) is 29.8 Å². The summed E-state index contributed by atoms with van der Waals surface area (Å²) < 4.78 is 1.72. The average Bonchev–Trinajstić information content (AvgIpc) is 3.45. The molecular weight excluding hydrogens is 396 g/mol. The molecule has 7 nitrogen and oxygen atoms in total. The first kappa shape index (κ1) is 20.2. The van der Waals surface area contributed by atoms with E-state index in [2.05, 4.69) is 34.6 Å². The van der Waals surface area contributed by atoms with Crippen molar-refractivity contribution in [3.05, 3.63) is 59.9 Å². The molecule has 0 saturated carbocycles. The molecule has 4 aromatic heterocycles. The molecule has 0 spiro atoms. The lowest BCUT2D eigenvalue weighted by molar-refractivity contribution is 0.0950. The number of nitrogens with one attached hydrogen (secondary N) is 2. The van der Waals surface area contributed by atoms with E-state index in [0.717, 1.165) is 29.1 Å². The molecule has 4 aromatic rings. The fourth-order valence-electron chi connectivity index (χ4n) is 3.14. The molecular formula is C22H24N6OS. The molecule has 0 fully saturated rings. The van der Waals surface area contributed by atoms with Crippen LogP contribution in [0.3, 0.4) is 0 Å². The van der Waals surface area contributed by atoms with Crippen LogP contribution < -0.4 is 10.6 Å². The van der Waals surface area contributed by atoms with Gasteiger partial charge in [0.2, 0.25) is 0 Å². The summed E-state index contributed by atoms with van der Waals surface area (Å²) in [6, 6.07) is 9.72. The van der Waals surface area contributed by atoms with Crippen LogP contribution in [0, 0.1) is 0 Å². The van der Waals surface area contributed by atoms with Gasteiger partial charge in [-0.3, -0.25) is 9.78 Å². The SMILES string of the molecule is CCCNC(C)CNC(=O)c1ccnc(-c2cnn3ccc(-c4cccs4)nc23)c1. The standard InChI is InChI=1S/C22H24N6OS/c1-3-8-23-15(2)13-25-22(29)16-6-9-24-19(12-16)17-14-26-28-10-7-18(27-21(17)28)20-5-4-11-30-20/h4-7,9-12,14-15,23H,3,8,13H2,1-2H3,(H,25,29). The molecule has 1 atom stereocenters. The van der Waals surface area contributed by atoms with E-state index in [1.54, 1.807) is 40.4 Å². The number of fused-ring (bicyclic) bond motifs is 1. The number of carbonyl (C=O) groups excluding carboxylic acids is 1. The maximum atomic E-state index is 12.6. The molecule has 0 aliphatic carbocycles. The number of hydrogen-bond donors (Lipinski definition) is 2. The number of hydrogen-bond acceptors (Lipinski definition) is 6. The Morgan fingerprint density at radius 1 is 1.27 bits per heavy atom. The van der Waals surface area contributed by atoms with Gasteiger partial charge in [0, 0.05) is 30.5 Å². The zero-order chi connectivity index (χ0) is 20.9. The summed E-state index contributed by atoms with van der Waals surface area (Å²) in [5.41, 5.74) is 3.63. The van der Waals surface area contributed by atoms with Crippen LogP contribution in [-0.2, 0) is 0 Å². The first-order valence-corrected chi connectivity index (χ1v) is 10.9. The van der Waals surface area contributed by atoms with Crippen molar-refractivity contribution in [2.24, 2.45) is 0 Å². The predicted molar refractivity (Wildman–Crippen MR) is 120 cm³/mol. The second-order valence-electron chi connectivity index (χ2n) is 7.11. The van der Waals surface area contributed by atoms with Crippen molar-refractivity contribution in [3.63, 3.8) is 0 Å². The van der Waals surface area contributed by atoms with Gasteiger partial charge in [-0.2, -0.15) is 5.10 Å². The fourth-order valence-corrected chi connectivity index (χ4v) is 3.84. The number of carbonyl (C=O) groups is 1. The first-order valence-electron chi connectivity index (χ1n) is 10.0. The van der Waals surface area contributed by atoms with Crippen LogP contribution in [-0.4, -0.2) is 44.6 Å². The molecule has 8 heteroatoms. The van der Waals surface area contributed by atoms with E-state index in [4.69, 9.17) is 4.98 Å². The third-order valence-corrected chi connectivity index (χ3v) is 5.64. The quantitative estimate of drug-likeness (QED) is 0.455. The van der Waals surface area contributed by atoms with E-state index in [9.17, 15) is 4.79 Å². The Labute approximate surface area is 179 Å². The Morgan fingerprint density at radius 2 is 2.17 bits per heavy atom. The van der Waals surface area contributed by atoms with Crippen molar-refractivity contribution in [1.29, 1.82) is 0 Å². The normalized spacial score (nSPS) is 12.2. The average molecular weight is 421 g/mol. The van der Waals surface area contributed by atoms with Gasteiger partial charge >= 0.3 is 0 Å². The van der Waals surface area contributed by atoms with Gasteiger partial charge in [-0.05, 0) is 49.5 Å². The second-order valence-corrected chi connectivity index (χ2v) is 8.06. The highest BCUT2D eigenvalue weighted by atomic mass is 32.1. The van der Waals surface area contributed by atoms with Gasteiger partial charge in [0.1, 0.15) is 0 Å². The number of thiophene rings is 1.